The Morgan fingerprint density at radius 2 is 1.79 bits per heavy atom. The Balaban J connectivity index is 2.03. The van der Waals surface area contributed by atoms with Crippen LogP contribution in [-0.4, -0.2) is 20.4 Å². The van der Waals surface area contributed by atoms with Crippen molar-refractivity contribution < 1.29 is 4.21 Å². The van der Waals surface area contributed by atoms with Gasteiger partial charge in [-0.25, -0.2) is 0 Å². The lowest BCUT2D eigenvalue weighted by atomic mass is 10.0. The molecule has 1 atom stereocenters. The van der Waals surface area contributed by atoms with E-state index < -0.39 is 10.8 Å². The monoisotopic (exact) mass is 354 g/mol. The van der Waals surface area contributed by atoms with Crippen molar-refractivity contribution in [3.05, 3.63) is 59.4 Å². The Labute approximate surface area is 147 Å². The third-order valence-electron chi connectivity index (χ3n) is 4.28. The first kappa shape index (κ1) is 15.4. The highest BCUT2D eigenvalue weighted by atomic mass is 35.5. The van der Waals surface area contributed by atoms with E-state index in [0.29, 0.717) is 5.02 Å². The molecule has 0 fully saturated rings. The van der Waals surface area contributed by atoms with E-state index in [1.54, 1.807) is 6.26 Å². The van der Waals surface area contributed by atoms with Gasteiger partial charge in [0.25, 0.3) is 0 Å². The van der Waals surface area contributed by atoms with Crippen LogP contribution in [0.1, 0.15) is 5.69 Å². The topological polar surface area (TPSA) is 45.8 Å². The van der Waals surface area contributed by atoms with Crippen molar-refractivity contribution in [3.63, 3.8) is 0 Å². The van der Waals surface area contributed by atoms with Gasteiger partial charge in [0.2, 0.25) is 0 Å². The van der Waals surface area contributed by atoms with Crippen LogP contribution in [0.5, 0.6) is 0 Å². The van der Waals surface area contributed by atoms with Crippen LogP contribution in [0.15, 0.2) is 53.6 Å². The molecule has 2 aromatic carbocycles. The van der Waals surface area contributed by atoms with Crippen molar-refractivity contribution in [1.82, 2.24) is 9.97 Å². The van der Waals surface area contributed by atoms with E-state index in [1.165, 1.54) is 0 Å². The van der Waals surface area contributed by atoms with Crippen LogP contribution >= 0.6 is 11.6 Å². The minimum Gasteiger partial charge on any atom is -0.353 e. The van der Waals surface area contributed by atoms with Crippen molar-refractivity contribution in [2.45, 2.75) is 11.8 Å². The highest BCUT2D eigenvalue weighted by Gasteiger charge is 2.13. The van der Waals surface area contributed by atoms with E-state index in [4.69, 9.17) is 11.6 Å². The number of pyridine rings is 1. The normalized spacial score (nSPS) is 12.8. The van der Waals surface area contributed by atoms with Crippen LogP contribution in [0.3, 0.4) is 0 Å². The number of rotatable bonds is 2. The van der Waals surface area contributed by atoms with Crippen molar-refractivity contribution in [1.29, 1.82) is 0 Å². The fraction of sp³-hybridized carbons (Fsp3) is 0.105. The predicted molar refractivity (Wildman–Crippen MR) is 101 cm³/mol. The smallest absolute Gasteiger partial charge is 0.0681 e. The molecule has 2 heterocycles. The fourth-order valence-corrected chi connectivity index (χ4v) is 3.82. The van der Waals surface area contributed by atoms with Gasteiger partial charge < -0.3 is 4.98 Å². The maximum absolute atomic E-state index is 11.6. The molecular weight excluding hydrogens is 340 g/mol. The highest BCUT2D eigenvalue weighted by molar-refractivity contribution is 7.84. The number of aromatic amines is 1. The minimum absolute atomic E-state index is 0.691. The summed E-state index contributed by atoms with van der Waals surface area (Å²) in [7, 11) is -0.983. The molecule has 5 heteroatoms. The lowest BCUT2D eigenvalue weighted by Gasteiger charge is -2.06. The second-order valence-corrected chi connectivity index (χ2v) is 7.61. The summed E-state index contributed by atoms with van der Waals surface area (Å²) in [5, 5.41) is 2.89. The van der Waals surface area contributed by atoms with Gasteiger partial charge in [-0.3, -0.25) is 9.19 Å². The van der Waals surface area contributed by atoms with Gasteiger partial charge in [0, 0.05) is 49.5 Å². The Hall–Kier alpha value is -2.17. The molecule has 0 aliphatic carbocycles. The SMILES string of the molecule is Cc1nccc2c1[nH]c1c(-c3ccc(S(C)=O)cc3)cc(Cl)cc12. The minimum atomic E-state index is -0.983. The van der Waals surface area contributed by atoms with Crippen molar-refractivity contribution in [3.8, 4) is 11.1 Å². The van der Waals surface area contributed by atoms with Gasteiger partial charge in [-0.1, -0.05) is 23.7 Å². The maximum atomic E-state index is 11.6. The Morgan fingerprint density at radius 3 is 2.50 bits per heavy atom. The van der Waals surface area contributed by atoms with Gasteiger partial charge in [0.15, 0.2) is 0 Å². The summed E-state index contributed by atoms with van der Waals surface area (Å²) in [6.07, 6.45) is 3.50. The largest absolute Gasteiger partial charge is 0.353 e. The van der Waals surface area contributed by atoms with E-state index in [1.807, 2.05) is 55.6 Å². The number of aryl methyl sites for hydroxylation is 1. The summed E-state index contributed by atoms with van der Waals surface area (Å²) in [4.78, 5) is 8.67. The molecule has 0 saturated carbocycles. The van der Waals surface area contributed by atoms with E-state index in [2.05, 4.69) is 9.97 Å². The first-order chi connectivity index (χ1) is 11.5. The van der Waals surface area contributed by atoms with Gasteiger partial charge in [-0.15, -0.1) is 0 Å². The average molecular weight is 355 g/mol. The van der Waals surface area contributed by atoms with Crippen molar-refractivity contribution >= 4 is 44.2 Å². The maximum Gasteiger partial charge on any atom is 0.0681 e. The molecule has 0 saturated heterocycles. The van der Waals surface area contributed by atoms with Gasteiger partial charge in [-0.05, 0) is 42.8 Å². The van der Waals surface area contributed by atoms with E-state index >= 15 is 0 Å². The number of fused-ring (bicyclic) bond motifs is 3. The van der Waals surface area contributed by atoms with Gasteiger partial charge >= 0.3 is 0 Å². The second-order valence-electron chi connectivity index (χ2n) is 5.80. The molecule has 0 spiro atoms. The van der Waals surface area contributed by atoms with Crippen molar-refractivity contribution in [2.24, 2.45) is 0 Å². The highest BCUT2D eigenvalue weighted by Crippen LogP contribution is 2.36. The van der Waals surface area contributed by atoms with Crippen LogP contribution in [0, 0.1) is 6.92 Å². The van der Waals surface area contributed by atoms with Gasteiger partial charge in [0.05, 0.1) is 16.7 Å². The number of aromatic nitrogens is 2. The molecule has 0 aliphatic rings. The molecular formula is C19H15ClN2OS. The zero-order valence-corrected chi connectivity index (χ0v) is 14.8. The van der Waals surface area contributed by atoms with E-state index in [-0.39, 0.29) is 0 Å². The number of hydrogen-bond donors (Lipinski definition) is 1. The molecule has 0 radical (unpaired) electrons. The van der Waals surface area contributed by atoms with Crippen LogP contribution in [0.4, 0.5) is 0 Å². The molecule has 24 heavy (non-hydrogen) atoms. The molecule has 2 aromatic heterocycles. The summed E-state index contributed by atoms with van der Waals surface area (Å²) in [6.45, 7) is 1.99. The summed E-state index contributed by atoms with van der Waals surface area (Å²) < 4.78 is 11.6. The standard InChI is InChI=1S/C19H15ClN2OS/c1-11-18-15(7-8-21-11)17-10-13(20)9-16(19(17)22-18)12-3-5-14(6-4-12)24(2)23/h3-10,22H,1-2H3. The molecule has 0 amide bonds. The predicted octanol–water partition coefficient (Wildman–Crippen LogP) is 5.08. The second kappa shape index (κ2) is 5.72. The van der Waals surface area contributed by atoms with Gasteiger partial charge in [-0.2, -0.15) is 0 Å². The third-order valence-corrected chi connectivity index (χ3v) is 5.44. The number of halogens is 1. The molecule has 1 unspecified atom stereocenters. The Morgan fingerprint density at radius 1 is 1.04 bits per heavy atom. The Kier molecular flexibility index (Phi) is 3.66. The van der Waals surface area contributed by atoms with Crippen LogP contribution < -0.4 is 0 Å². The van der Waals surface area contributed by atoms with E-state index in [9.17, 15) is 4.21 Å². The lowest BCUT2D eigenvalue weighted by Crippen LogP contribution is -1.87. The average Bonchev–Trinajstić information content (AvgIpc) is 2.94. The molecule has 0 aliphatic heterocycles. The molecule has 120 valence electrons. The summed E-state index contributed by atoms with van der Waals surface area (Å²) in [6, 6.07) is 13.7. The summed E-state index contributed by atoms with van der Waals surface area (Å²) in [5.74, 6) is 0. The quantitative estimate of drug-likeness (QED) is 0.545. The third kappa shape index (κ3) is 2.43. The zero-order chi connectivity index (χ0) is 16.8. The number of H-pyrrole nitrogens is 1. The van der Waals surface area contributed by atoms with Gasteiger partial charge in [0.1, 0.15) is 0 Å². The molecule has 0 bridgehead atoms. The number of nitrogens with zero attached hydrogens (tertiary/aromatic N) is 1. The molecule has 1 N–H and O–H groups in total. The first-order valence-corrected chi connectivity index (χ1v) is 9.48. The van der Waals surface area contributed by atoms with E-state index in [0.717, 1.165) is 43.5 Å². The number of nitrogens with one attached hydrogen (secondary N) is 1. The van der Waals surface area contributed by atoms with Crippen LogP contribution in [-0.2, 0) is 10.8 Å². The van der Waals surface area contributed by atoms with Crippen LogP contribution in [0.25, 0.3) is 32.9 Å². The number of hydrogen-bond acceptors (Lipinski definition) is 2. The summed E-state index contributed by atoms with van der Waals surface area (Å²) >= 11 is 6.37. The molecule has 4 aromatic rings. The fourth-order valence-electron chi connectivity index (χ4n) is 3.08. The summed E-state index contributed by atoms with van der Waals surface area (Å²) in [5.41, 5.74) is 5.09. The van der Waals surface area contributed by atoms with Crippen molar-refractivity contribution in [2.75, 3.05) is 6.26 Å². The molecule has 4 rings (SSSR count). The molecule has 3 nitrogen and oxygen atoms in total. The first-order valence-electron chi connectivity index (χ1n) is 7.55. The lowest BCUT2D eigenvalue weighted by molar-refractivity contribution is 0.687. The zero-order valence-electron chi connectivity index (χ0n) is 13.3. The Bertz CT molecular complexity index is 1100. The van der Waals surface area contributed by atoms with Crippen LogP contribution in [0.2, 0.25) is 5.02 Å². The number of benzene rings is 2.